The largest absolute Gasteiger partial charge is 0.493 e. The number of hydrogen-bond donors (Lipinski definition) is 2. The van der Waals surface area contributed by atoms with E-state index in [4.69, 9.17) is 9.47 Å². The molecule has 0 bridgehead atoms. The summed E-state index contributed by atoms with van der Waals surface area (Å²) in [5.74, 6) is 0.640. The summed E-state index contributed by atoms with van der Waals surface area (Å²) in [6.07, 6.45) is 0. The zero-order chi connectivity index (χ0) is 16.7. The van der Waals surface area contributed by atoms with E-state index in [1.54, 1.807) is 49.6 Å². The Labute approximate surface area is 134 Å². The van der Waals surface area contributed by atoms with Crippen molar-refractivity contribution in [2.75, 3.05) is 24.4 Å². The lowest BCUT2D eigenvalue weighted by Crippen LogP contribution is -2.20. The molecule has 120 valence electrons. The summed E-state index contributed by atoms with van der Waals surface area (Å²) in [5.41, 5.74) is 1.29. The third kappa shape index (κ3) is 5.03. The Morgan fingerprint density at radius 3 is 2.04 bits per heavy atom. The van der Waals surface area contributed by atoms with Crippen molar-refractivity contribution in [3.05, 3.63) is 48.5 Å². The third-order valence-electron chi connectivity index (χ3n) is 2.92. The number of hydrogen-bond acceptors (Lipinski definition) is 4. The van der Waals surface area contributed by atoms with E-state index >= 15 is 0 Å². The van der Waals surface area contributed by atoms with Gasteiger partial charge in [-0.2, -0.15) is 0 Å². The molecule has 0 atom stereocenters. The van der Waals surface area contributed by atoms with Crippen molar-refractivity contribution in [3.8, 4) is 11.5 Å². The predicted octanol–water partition coefficient (Wildman–Crippen LogP) is 2.67. The smallest absolute Gasteiger partial charge is 0.262 e. The van der Waals surface area contributed by atoms with Gasteiger partial charge in [0.25, 0.3) is 5.91 Å². The molecule has 2 N–H and O–H groups in total. The maximum atomic E-state index is 11.9. The van der Waals surface area contributed by atoms with Crippen LogP contribution in [0.25, 0.3) is 0 Å². The fourth-order valence-electron chi connectivity index (χ4n) is 1.92. The summed E-state index contributed by atoms with van der Waals surface area (Å²) in [6, 6.07) is 13.9. The van der Waals surface area contributed by atoms with Gasteiger partial charge in [-0.05, 0) is 36.4 Å². The highest BCUT2D eigenvalue weighted by Crippen LogP contribution is 2.25. The highest BCUT2D eigenvalue weighted by Gasteiger charge is 2.07. The molecule has 2 rings (SSSR count). The molecule has 0 spiro atoms. The Kier molecular flexibility index (Phi) is 5.57. The number of nitrogens with one attached hydrogen (secondary N) is 2. The molecule has 0 aliphatic heterocycles. The van der Waals surface area contributed by atoms with Crippen molar-refractivity contribution in [3.63, 3.8) is 0 Å². The zero-order valence-corrected chi connectivity index (χ0v) is 13.0. The van der Waals surface area contributed by atoms with Gasteiger partial charge in [-0.25, -0.2) is 0 Å². The average Bonchev–Trinajstić information content (AvgIpc) is 2.54. The van der Waals surface area contributed by atoms with Gasteiger partial charge in [0.15, 0.2) is 18.1 Å². The molecule has 0 saturated heterocycles. The van der Waals surface area contributed by atoms with E-state index in [2.05, 4.69) is 10.6 Å². The topological polar surface area (TPSA) is 76.7 Å². The van der Waals surface area contributed by atoms with E-state index in [0.717, 1.165) is 0 Å². The molecule has 0 fully saturated rings. The number of carbonyl (C=O) groups excluding carboxylic acids is 2. The molecule has 0 unspecified atom stereocenters. The second-order valence-electron chi connectivity index (χ2n) is 4.75. The van der Waals surface area contributed by atoms with Gasteiger partial charge in [-0.3, -0.25) is 9.59 Å². The molecule has 2 aromatic carbocycles. The molecule has 0 radical (unpaired) electrons. The van der Waals surface area contributed by atoms with Crippen LogP contribution in [0.2, 0.25) is 0 Å². The van der Waals surface area contributed by atoms with Crippen LogP contribution in [0, 0.1) is 0 Å². The second-order valence-corrected chi connectivity index (χ2v) is 4.75. The Morgan fingerprint density at radius 1 is 0.913 bits per heavy atom. The first-order valence-corrected chi connectivity index (χ1v) is 7.02. The number of ether oxygens (including phenoxy) is 2. The Bertz CT molecular complexity index is 683. The molecule has 2 aromatic rings. The number of para-hydroxylation sites is 2. The Balaban J connectivity index is 1.88. The van der Waals surface area contributed by atoms with Crippen molar-refractivity contribution < 1.29 is 19.1 Å². The number of amides is 2. The molecular formula is C17H18N2O4. The maximum Gasteiger partial charge on any atom is 0.262 e. The van der Waals surface area contributed by atoms with Crippen LogP contribution >= 0.6 is 0 Å². The first kappa shape index (κ1) is 16.4. The SMILES string of the molecule is COc1ccccc1OCC(=O)Nc1ccc(NC(C)=O)cc1. The normalized spacial score (nSPS) is 9.83. The molecule has 6 nitrogen and oxygen atoms in total. The first-order chi connectivity index (χ1) is 11.1. The lowest BCUT2D eigenvalue weighted by molar-refractivity contribution is -0.118. The first-order valence-electron chi connectivity index (χ1n) is 7.02. The van der Waals surface area contributed by atoms with Gasteiger partial charge >= 0.3 is 0 Å². The van der Waals surface area contributed by atoms with Crippen LogP contribution in [-0.2, 0) is 9.59 Å². The van der Waals surface area contributed by atoms with Crippen molar-refractivity contribution in [1.82, 2.24) is 0 Å². The molecule has 0 saturated carbocycles. The van der Waals surface area contributed by atoms with Gasteiger partial charge in [0.2, 0.25) is 5.91 Å². The van der Waals surface area contributed by atoms with Crippen LogP contribution in [0.4, 0.5) is 11.4 Å². The van der Waals surface area contributed by atoms with E-state index in [1.807, 2.05) is 6.07 Å². The molecule has 6 heteroatoms. The fourth-order valence-corrected chi connectivity index (χ4v) is 1.92. The quantitative estimate of drug-likeness (QED) is 0.859. The maximum absolute atomic E-state index is 11.9. The summed E-state index contributed by atoms with van der Waals surface area (Å²) in [5, 5.41) is 5.37. The highest BCUT2D eigenvalue weighted by molar-refractivity contribution is 5.93. The average molecular weight is 314 g/mol. The molecule has 0 aliphatic carbocycles. The van der Waals surface area contributed by atoms with Crippen LogP contribution in [0.3, 0.4) is 0 Å². The van der Waals surface area contributed by atoms with Crippen LogP contribution in [0.1, 0.15) is 6.92 Å². The minimum Gasteiger partial charge on any atom is -0.493 e. The summed E-state index contributed by atoms with van der Waals surface area (Å²) in [7, 11) is 1.54. The summed E-state index contributed by atoms with van der Waals surface area (Å²) in [6.45, 7) is 1.30. The number of anilines is 2. The predicted molar refractivity (Wildman–Crippen MR) is 87.9 cm³/mol. The van der Waals surface area contributed by atoms with Crippen molar-refractivity contribution >= 4 is 23.2 Å². The van der Waals surface area contributed by atoms with Crippen molar-refractivity contribution in [2.24, 2.45) is 0 Å². The van der Waals surface area contributed by atoms with E-state index in [-0.39, 0.29) is 18.4 Å². The lowest BCUT2D eigenvalue weighted by atomic mass is 10.2. The number of carbonyl (C=O) groups is 2. The highest BCUT2D eigenvalue weighted by atomic mass is 16.5. The Morgan fingerprint density at radius 2 is 1.48 bits per heavy atom. The van der Waals surface area contributed by atoms with Gasteiger partial charge in [-0.15, -0.1) is 0 Å². The van der Waals surface area contributed by atoms with Crippen molar-refractivity contribution in [1.29, 1.82) is 0 Å². The van der Waals surface area contributed by atoms with Crippen molar-refractivity contribution in [2.45, 2.75) is 6.92 Å². The van der Waals surface area contributed by atoms with Crippen LogP contribution in [-0.4, -0.2) is 25.5 Å². The van der Waals surface area contributed by atoms with Crippen LogP contribution in [0.15, 0.2) is 48.5 Å². The van der Waals surface area contributed by atoms with E-state index in [9.17, 15) is 9.59 Å². The Hall–Kier alpha value is -3.02. The van der Waals surface area contributed by atoms with Gasteiger partial charge in [0.1, 0.15) is 0 Å². The molecule has 2 amide bonds. The number of methoxy groups -OCH3 is 1. The lowest BCUT2D eigenvalue weighted by Gasteiger charge is -2.11. The minimum atomic E-state index is -0.289. The molecule has 0 aromatic heterocycles. The molecule has 0 aliphatic rings. The zero-order valence-electron chi connectivity index (χ0n) is 13.0. The number of rotatable bonds is 6. The molecule has 0 heterocycles. The minimum absolute atomic E-state index is 0.131. The monoisotopic (exact) mass is 314 g/mol. The summed E-state index contributed by atoms with van der Waals surface area (Å²) >= 11 is 0. The van der Waals surface area contributed by atoms with E-state index in [1.165, 1.54) is 6.92 Å². The molecular weight excluding hydrogens is 296 g/mol. The standard InChI is InChI=1S/C17H18N2O4/c1-12(20)18-13-7-9-14(10-8-13)19-17(21)11-23-16-6-4-3-5-15(16)22-2/h3-10H,11H2,1-2H3,(H,18,20)(H,19,21). The van der Waals surface area contributed by atoms with Crippen LogP contribution < -0.4 is 20.1 Å². The van der Waals surface area contributed by atoms with Gasteiger partial charge in [0, 0.05) is 18.3 Å². The van der Waals surface area contributed by atoms with Gasteiger partial charge < -0.3 is 20.1 Å². The summed E-state index contributed by atoms with van der Waals surface area (Å²) < 4.78 is 10.6. The fraction of sp³-hybridized carbons (Fsp3) is 0.176. The summed E-state index contributed by atoms with van der Waals surface area (Å²) in [4.78, 5) is 22.8. The van der Waals surface area contributed by atoms with Gasteiger partial charge in [-0.1, -0.05) is 12.1 Å². The van der Waals surface area contributed by atoms with E-state index in [0.29, 0.717) is 22.9 Å². The number of benzene rings is 2. The van der Waals surface area contributed by atoms with Crippen LogP contribution in [0.5, 0.6) is 11.5 Å². The van der Waals surface area contributed by atoms with Gasteiger partial charge in [0.05, 0.1) is 7.11 Å². The molecule has 23 heavy (non-hydrogen) atoms. The second kappa shape index (κ2) is 7.84. The van der Waals surface area contributed by atoms with E-state index < -0.39 is 0 Å². The third-order valence-corrected chi connectivity index (χ3v) is 2.92.